The Morgan fingerprint density at radius 1 is 1.23 bits per heavy atom. The first-order valence-electron chi connectivity index (χ1n) is 10.1. The molecule has 1 aliphatic rings. The number of hydrogen-bond acceptors (Lipinski definition) is 7. The van der Waals surface area contributed by atoms with Crippen molar-refractivity contribution in [2.45, 2.75) is 52.6 Å². The zero-order valence-electron chi connectivity index (χ0n) is 17.6. The molecule has 3 N–H and O–H groups in total. The lowest BCUT2D eigenvalue weighted by molar-refractivity contribution is 0.393. The summed E-state index contributed by atoms with van der Waals surface area (Å²) in [5.41, 5.74) is 3.88. The summed E-state index contributed by atoms with van der Waals surface area (Å²) in [5.74, 6) is 2.01. The molecule has 4 rings (SSSR count). The molecule has 2 aromatic heterocycles. The molecule has 0 saturated carbocycles. The zero-order valence-corrected chi connectivity index (χ0v) is 18.3. The maximum Gasteiger partial charge on any atom is 0.163 e. The van der Waals surface area contributed by atoms with Gasteiger partial charge in [-0.1, -0.05) is 16.8 Å². The van der Waals surface area contributed by atoms with Gasteiger partial charge in [-0.25, -0.2) is 9.97 Å². The van der Waals surface area contributed by atoms with Gasteiger partial charge in [-0.3, -0.25) is 0 Å². The first-order chi connectivity index (χ1) is 14.3. The van der Waals surface area contributed by atoms with E-state index in [2.05, 4.69) is 22.7 Å². The van der Waals surface area contributed by atoms with Crippen LogP contribution in [0.2, 0.25) is 5.02 Å². The molecule has 3 aromatic rings. The number of aromatic hydroxyl groups is 1. The molecular weight excluding hydrogens is 402 g/mol. The molecule has 0 spiro atoms. The van der Waals surface area contributed by atoms with Gasteiger partial charge in [0.2, 0.25) is 0 Å². The van der Waals surface area contributed by atoms with Gasteiger partial charge in [-0.2, -0.15) is 0 Å². The molecule has 0 aliphatic carbocycles. The van der Waals surface area contributed by atoms with E-state index >= 15 is 0 Å². The number of hydrogen-bond donors (Lipinski definition) is 3. The van der Waals surface area contributed by atoms with Crippen molar-refractivity contribution < 1.29 is 9.63 Å². The van der Waals surface area contributed by atoms with Crippen LogP contribution in [0.25, 0.3) is 22.6 Å². The molecule has 0 bridgehead atoms. The lowest BCUT2D eigenvalue weighted by Gasteiger charge is -2.29. The Hall–Kier alpha value is -2.64. The number of phenols is 1. The summed E-state index contributed by atoms with van der Waals surface area (Å²) in [6.45, 7) is 8.93. The maximum atomic E-state index is 9.99. The summed E-state index contributed by atoms with van der Waals surface area (Å²) in [4.78, 5) is 9.62. The first kappa shape index (κ1) is 20.6. The summed E-state index contributed by atoms with van der Waals surface area (Å²) >= 11 is 6.42. The second-order valence-corrected chi connectivity index (χ2v) is 8.36. The van der Waals surface area contributed by atoms with Crippen LogP contribution in [0, 0.1) is 20.8 Å². The predicted molar refractivity (Wildman–Crippen MR) is 118 cm³/mol. The number of aromatic nitrogens is 3. The van der Waals surface area contributed by atoms with E-state index in [4.69, 9.17) is 26.1 Å². The molecule has 0 amide bonds. The lowest BCUT2D eigenvalue weighted by atomic mass is 10.00. The number of phenolic OH excluding ortho intramolecular Hbond substituents is 1. The zero-order chi connectivity index (χ0) is 21.4. The highest BCUT2D eigenvalue weighted by Crippen LogP contribution is 2.36. The van der Waals surface area contributed by atoms with Gasteiger partial charge in [0.15, 0.2) is 5.82 Å². The predicted octanol–water partition coefficient (Wildman–Crippen LogP) is 4.64. The number of nitrogens with zero attached hydrogens (tertiary/aromatic N) is 3. The number of benzene rings is 1. The average molecular weight is 428 g/mol. The van der Waals surface area contributed by atoms with E-state index < -0.39 is 0 Å². The van der Waals surface area contributed by atoms with Crippen LogP contribution in [-0.4, -0.2) is 38.9 Å². The van der Waals surface area contributed by atoms with Gasteiger partial charge in [-0.15, -0.1) is 0 Å². The Morgan fingerprint density at radius 2 is 2.03 bits per heavy atom. The van der Waals surface area contributed by atoms with E-state index in [1.807, 2.05) is 20.8 Å². The summed E-state index contributed by atoms with van der Waals surface area (Å²) < 4.78 is 5.39. The van der Waals surface area contributed by atoms with Crippen LogP contribution in [0.15, 0.2) is 22.7 Å². The molecular formula is C22H26ClN5O2. The standard InChI is InChI=1S/C22H26ClN5O2/c1-11-9-15(7-8-24-11)25-21-12(2)20(19-13(3)28-30-14(19)4)26-22(27-21)17-10-16(29)5-6-18(17)23/h5-6,10-11,15,24,29H,7-9H2,1-4H3,(H,25,26,27). The molecule has 1 aliphatic heterocycles. The van der Waals surface area contributed by atoms with E-state index in [0.717, 1.165) is 47.7 Å². The van der Waals surface area contributed by atoms with E-state index in [1.165, 1.54) is 0 Å². The summed E-state index contributed by atoms with van der Waals surface area (Å²) in [6.07, 6.45) is 2.02. The summed E-state index contributed by atoms with van der Waals surface area (Å²) in [7, 11) is 0. The van der Waals surface area contributed by atoms with Gasteiger partial charge in [0, 0.05) is 23.2 Å². The van der Waals surface area contributed by atoms with Crippen LogP contribution < -0.4 is 10.6 Å². The quantitative estimate of drug-likeness (QED) is 0.558. The van der Waals surface area contributed by atoms with Crippen molar-refractivity contribution in [3.63, 3.8) is 0 Å². The van der Waals surface area contributed by atoms with Crippen molar-refractivity contribution in [2.75, 3.05) is 11.9 Å². The van der Waals surface area contributed by atoms with Gasteiger partial charge in [0.1, 0.15) is 17.3 Å². The molecule has 158 valence electrons. The molecule has 8 heteroatoms. The number of rotatable bonds is 4. The molecule has 0 radical (unpaired) electrons. The monoisotopic (exact) mass is 427 g/mol. The van der Waals surface area contributed by atoms with Gasteiger partial charge in [0.25, 0.3) is 0 Å². The van der Waals surface area contributed by atoms with Crippen LogP contribution in [0.3, 0.4) is 0 Å². The first-order valence-corrected chi connectivity index (χ1v) is 10.5. The molecule has 2 unspecified atom stereocenters. The van der Waals surface area contributed by atoms with Crippen LogP contribution >= 0.6 is 11.6 Å². The molecule has 7 nitrogen and oxygen atoms in total. The minimum absolute atomic E-state index is 0.110. The Morgan fingerprint density at radius 3 is 2.73 bits per heavy atom. The third-order valence-corrected chi connectivity index (χ3v) is 5.90. The molecule has 1 saturated heterocycles. The van der Waals surface area contributed by atoms with E-state index in [0.29, 0.717) is 34.3 Å². The van der Waals surface area contributed by atoms with Gasteiger partial charge >= 0.3 is 0 Å². The normalized spacial score (nSPS) is 19.1. The Balaban J connectivity index is 1.86. The topological polar surface area (TPSA) is 96.1 Å². The molecule has 1 fully saturated rings. The van der Waals surface area contributed by atoms with E-state index in [-0.39, 0.29) is 5.75 Å². The largest absolute Gasteiger partial charge is 0.508 e. The number of piperidine rings is 1. The Bertz CT molecular complexity index is 1060. The highest BCUT2D eigenvalue weighted by atomic mass is 35.5. The van der Waals surface area contributed by atoms with Crippen molar-refractivity contribution in [2.24, 2.45) is 0 Å². The van der Waals surface area contributed by atoms with Gasteiger partial charge < -0.3 is 20.3 Å². The third-order valence-electron chi connectivity index (χ3n) is 5.57. The fourth-order valence-corrected chi connectivity index (χ4v) is 4.19. The van der Waals surface area contributed by atoms with Crippen LogP contribution in [0.1, 0.15) is 36.8 Å². The van der Waals surface area contributed by atoms with Gasteiger partial charge in [0.05, 0.1) is 22.0 Å². The van der Waals surface area contributed by atoms with E-state index in [1.54, 1.807) is 18.2 Å². The van der Waals surface area contributed by atoms with Crippen molar-refractivity contribution >= 4 is 17.4 Å². The van der Waals surface area contributed by atoms with E-state index in [9.17, 15) is 5.11 Å². The SMILES string of the molecule is Cc1noc(C)c1-c1nc(-c2cc(O)ccc2Cl)nc(NC2CCNC(C)C2)c1C. The molecule has 3 heterocycles. The maximum absolute atomic E-state index is 9.99. The van der Waals surface area contributed by atoms with Crippen LogP contribution in [-0.2, 0) is 0 Å². The molecule has 30 heavy (non-hydrogen) atoms. The third kappa shape index (κ3) is 4.00. The Kier molecular flexibility index (Phi) is 5.66. The molecule has 2 atom stereocenters. The minimum Gasteiger partial charge on any atom is -0.508 e. The average Bonchev–Trinajstić information content (AvgIpc) is 3.04. The van der Waals surface area contributed by atoms with Gasteiger partial charge in [-0.05, 0) is 65.3 Å². The van der Waals surface area contributed by atoms with Crippen LogP contribution in [0.4, 0.5) is 5.82 Å². The number of anilines is 1. The van der Waals surface area contributed by atoms with Crippen molar-refractivity contribution in [3.8, 4) is 28.4 Å². The van der Waals surface area contributed by atoms with Crippen molar-refractivity contribution in [1.82, 2.24) is 20.4 Å². The van der Waals surface area contributed by atoms with Crippen LogP contribution in [0.5, 0.6) is 5.75 Å². The number of nitrogens with one attached hydrogen (secondary N) is 2. The Labute approximate surface area is 180 Å². The fourth-order valence-electron chi connectivity index (χ4n) is 3.98. The second-order valence-electron chi connectivity index (χ2n) is 7.95. The van der Waals surface area contributed by atoms with Crippen molar-refractivity contribution in [3.05, 3.63) is 40.2 Å². The number of aryl methyl sites for hydroxylation is 2. The fraction of sp³-hybridized carbons (Fsp3) is 0.409. The molecule has 1 aromatic carbocycles. The smallest absolute Gasteiger partial charge is 0.163 e. The summed E-state index contributed by atoms with van der Waals surface area (Å²) in [5, 5.41) is 21.7. The highest BCUT2D eigenvalue weighted by molar-refractivity contribution is 6.33. The van der Waals surface area contributed by atoms with Crippen molar-refractivity contribution in [1.29, 1.82) is 0 Å². The lowest BCUT2D eigenvalue weighted by Crippen LogP contribution is -2.41. The number of halogens is 1. The minimum atomic E-state index is 0.110. The second kappa shape index (κ2) is 8.24. The highest BCUT2D eigenvalue weighted by Gasteiger charge is 2.24. The summed E-state index contributed by atoms with van der Waals surface area (Å²) in [6, 6.07) is 5.53.